The Labute approximate surface area is 113 Å². The third kappa shape index (κ3) is 2.14. The maximum atomic E-state index is 11.8. The predicted molar refractivity (Wildman–Crippen MR) is 70.9 cm³/mol. The molecule has 0 aliphatic carbocycles. The molecule has 3 rings (SSSR count). The smallest absolute Gasteiger partial charge is 0.346 e. The van der Waals surface area contributed by atoms with Crippen molar-refractivity contribution in [2.45, 2.75) is 0 Å². The van der Waals surface area contributed by atoms with Gasteiger partial charge in [-0.15, -0.1) is 0 Å². The monoisotopic (exact) mass is 270 g/mol. The largest absolute Gasteiger partial charge is 0.472 e. The number of hydrogen-bond acceptors (Lipinski definition) is 5. The molecular formula is C14H10N2O4. The van der Waals surface area contributed by atoms with Gasteiger partial charge in [0.05, 0.1) is 11.8 Å². The van der Waals surface area contributed by atoms with Gasteiger partial charge in [-0.1, -0.05) is 0 Å². The molecule has 20 heavy (non-hydrogen) atoms. The van der Waals surface area contributed by atoms with Crippen LogP contribution in [0.5, 0.6) is 5.75 Å². The lowest BCUT2D eigenvalue weighted by molar-refractivity contribution is 0.0734. The van der Waals surface area contributed by atoms with Gasteiger partial charge in [-0.3, -0.25) is 5.41 Å². The zero-order valence-electron chi connectivity index (χ0n) is 10.3. The highest BCUT2D eigenvalue weighted by Crippen LogP contribution is 2.24. The average molecular weight is 270 g/mol. The summed E-state index contributed by atoms with van der Waals surface area (Å²) in [5, 5.41) is 8.02. The van der Waals surface area contributed by atoms with E-state index < -0.39 is 5.97 Å². The second-order valence-electron chi connectivity index (χ2n) is 4.13. The van der Waals surface area contributed by atoms with Crippen LogP contribution >= 0.6 is 0 Å². The van der Waals surface area contributed by atoms with E-state index in [4.69, 9.17) is 24.7 Å². The van der Waals surface area contributed by atoms with Gasteiger partial charge in [0, 0.05) is 5.39 Å². The first-order valence-electron chi connectivity index (χ1n) is 5.76. The van der Waals surface area contributed by atoms with Gasteiger partial charge in [-0.2, -0.15) is 0 Å². The van der Waals surface area contributed by atoms with E-state index in [0.717, 1.165) is 0 Å². The Balaban J connectivity index is 1.89. The van der Waals surface area contributed by atoms with Crippen molar-refractivity contribution >= 4 is 22.8 Å². The molecular weight excluding hydrogens is 260 g/mol. The van der Waals surface area contributed by atoms with Crippen molar-refractivity contribution in [3.05, 3.63) is 54.2 Å². The molecule has 0 radical (unpaired) electrons. The molecule has 100 valence electrons. The van der Waals surface area contributed by atoms with E-state index >= 15 is 0 Å². The van der Waals surface area contributed by atoms with Crippen LogP contribution in [-0.2, 0) is 0 Å². The number of hydrogen-bond donors (Lipinski definition) is 2. The van der Waals surface area contributed by atoms with Crippen molar-refractivity contribution in [3.63, 3.8) is 0 Å². The molecule has 0 saturated carbocycles. The fourth-order valence-electron chi connectivity index (χ4n) is 1.76. The summed E-state index contributed by atoms with van der Waals surface area (Å²) in [7, 11) is 0. The van der Waals surface area contributed by atoms with Crippen LogP contribution in [0.25, 0.3) is 11.0 Å². The summed E-state index contributed by atoms with van der Waals surface area (Å²) in [6.07, 6.45) is 2.71. The predicted octanol–water partition coefficient (Wildman–Crippen LogP) is 2.53. The molecule has 0 spiro atoms. The summed E-state index contributed by atoms with van der Waals surface area (Å²) in [6.45, 7) is 0. The van der Waals surface area contributed by atoms with Crippen LogP contribution < -0.4 is 10.5 Å². The van der Waals surface area contributed by atoms with Crippen LogP contribution in [0.4, 0.5) is 0 Å². The maximum absolute atomic E-state index is 11.8. The number of rotatable bonds is 3. The molecule has 6 nitrogen and oxygen atoms in total. The van der Waals surface area contributed by atoms with E-state index in [1.165, 1.54) is 18.6 Å². The van der Waals surface area contributed by atoms with Crippen LogP contribution in [0, 0.1) is 5.41 Å². The molecule has 0 aliphatic rings. The highest BCUT2D eigenvalue weighted by atomic mass is 16.5. The van der Waals surface area contributed by atoms with E-state index in [1.807, 2.05) is 0 Å². The van der Waals surface area contributed by atoms with E-state index in [-0.39, 0.29) is 11.6 Å². The van der Waals surface area contributed by atoms with Crippen molar-refractivity contribution in [2.75, 3.05) is 0 Å². The standard InChI is InChI=1S/C14H10N2O4/c15-13(16)12-6-9-5-10(1-2-11(9)20-12)19-14(17)8-3-4-18-7-8/h1-7H,(H3,15,16). The summed E-state index contributed by atoms with van der Waals surface area (Å²) >= 11 is 0. The highest BCUT2D eigenvalue weighted by molar-refractivity contribution is 5.97. The van der Waals surface area contributed by atoms with Crippen molar-refractivity contribution in [3.8, 4) is 5.75 Å². The molecule has 0 unspecified atom stereocenters. The summed E-state index contributed by atoms with van der Waals surface area (Å²) < 4.78 is 15.4. The van der Waals surface area contributed by atoms with Crippen molar-refractivity contribution < 1.29 is 18.4 Å². The zero-order chi connectivity index (χ0) is 14.1. The minimum Gasteiger partial charge on any atom is -0.472 e. The first-order valence-corrected chi connectivity index (χ1v) is 5.76. The number of esters is 1. The third-order valence-electron chi connectivity index (χ3n) is 2.72. The Kier molecular flexibility index (Phi) is 2.76. The number of nitrogens with one attached hydrogen (secondary N) is 1. The number of ether oxygens (including phenoxy) is 1. The molecule has 6 heteroatoms. The van der Waals surface area contributed by atoms with Crippen molar-refractivity contribution in [1.82, 2.24) is 0 Å². The summed E-state index contributed by atoms with van der Waals surface area (Å²) in [5.41, 5.74) is 6.26. The normalized spacial score (nSPS) is 10.6. The number of furan rings is 2. The van der Waals surface area contributed by atoms with E-state index in [2.05, 4.69) is 0 Å². The average Bonchev–Trinajstić information content (AvgIpc) is 3.07. The number of nitrogen functional groups attached to an aromatic ring is 1. The fraction of sp³-hybridized carbons (Fsp3) is 0. The molecule has 0 bridgehead atoms. The highest BCUT2D eigenvalue weighted by Gasteiger charge is 2.12. The molecule has 0 fully saturated rings. The number of benzene rings is 1. The number of nitrogens with two attached hydrogens (primary N) is 1. The Hall–Kier alpha value is -3.02. The Morgan fingerprint density at radius 2 is 2.10 bits per heavy atom. The zero-order valence-corrected chi connectivity index (χ0v) is 10.3. The lowest BCUT2D eigenvalue weighted by atomic mass is 10.2. The molecule has 2 aromatic heterocycles. The second-order valence-corrected chi connectivity index (χ2v) is 4.13. The van der Waals surface area contributed by atoms with E-state index in [0.29, 0.717) is 22.3 Å². The summed E-state index contributed by atoms with van der Waals surface area (Å²) in [5.74, 6) is -0.00978. The van der Waals surface area contributed by atoms with Gasteiger partial charge in [-0.25, -0.2) is 4.79 Å². The molecule has 0 amide bonds. The first kappa shape index (κ1) is 12.0. The maximum Gasteiger partial charge on any atom is 0.346 e. The van der Waals surface area contributed by atoms with Crippen molar-refractivity contribution in [2.24, 2.45) is 5.73 Å². The Morgan fingerprint density at radius 3 is 2.80 bits per heavy atom. The van der Waals surface area contributed by atoms with Gasteiger partial charge in [0.2, 0.25) is 0 Å². The van der Waals surface area contributed by atoms with Gasteiger partial charge in [-0.05, 0) is 30.3 Å². The molecule has 3 N–H and O–H groups in total. The van der Waals surface area contributed by atoms with Gasteiger partial charge in [0.25, 0.3) is 0 Å². The van der Waals surface area contributed by atoms with Gasteiger partial charge < -0.3 is 19.3 Å². The summed E-state index contributed by atoms with van der Waals surface area (Å²) in [4.78, 5) is 11.8. The lowest BCUT2D eigenvalue weighted by Crippen LogP contribution is -2.09. The molecule has 0 saturated heterocycles. The van der Waals surface area contributed by atoms with E-state index in [9.17, 15) is 4.79 Å². The number of fused-ring (bicyclic) bond motifs is 1. The fourth-order valence-corrected chi connectivity index (χ4v) is 1.76. The van der Waals surface area contributed by atoms with Crippen molar-refractivity contribution in [1.29, 1.82) is 5.41 Å². The SMILES string of the molecule is N=C(N)c1cc2cc(OC(=O)c3ccoc3)ccc2o1. The lowest BCUT2D eigenvalue weighted by Gasteiger charge is -2.01. The number of carbonyl (C=O) groups excluding carboxylic acids is 1. The van der Waals surface area contributed by atoms with Crippen LogP contribution in [0.1, 0.15) is 16.1 Å². The second kappa shape index (κ2) is 4.58. The number of carbonyl (C=O) groups is 1. The van der Waals surface area contributed by atoms with Gasteiger partial charge >= 0.3 is 5.97 Å². The molecule has 3 aromatic rings. The molecule has 1 aromatic carbocycles. The van der Waals surface area contributed by atoms with Crippen LogP contribution in [-0.4, -0.2) is 11.8 Å². The Bertz CT molecular complexity index is 787. The van der Waals surface area contributed by atoms with Crippen LogP contribution in [0.15, 0.2) is 51.7 Å². The topological polar surface area (TPSA) is 102 Å². The quantitative estimate of drug-likeness (QED) is 0.329. The van der Waals surface area contributed by atoms with Gasteiger partial charge in [0.1, 0.15) is 17.6 Å². The first-order chi connectivity index (χ1) is 9.63. The van der Waals surface area contributed by atoms with Gasteiger partial charge in [0.15, 0.2) is 11.6 Å². The molecule has 2 heterocycles. The Morgan fingerprint density at radius 1 is 1.25 bits per heavy atom. The minimum atomic E-state index is -0.506. The van der Waals surface area contributed by atoms with E-state index in [1.54, 1.807) is 24.3 Å². The number of amidine groups is 1. The third-order valence-corrected chi connectivity index (χ3v) is 2.72. The minimum absolute atomic E-state index is 0.154. The molecule has 0 atom stereocenters. The summed E-state index contributed by atoms with van der Waals surface area (Å²) in [6, 6.07) is 8.04. The van der Waals surface area contributed by atoms with Crippen LogP contribution in [0.2, 0.25) is 0 Å². The molecule has 0 aliphatic heterocycles. The van der Waals surface area contributed by atoms with Crippen LogP contribution in [0.3, 0.4) is 0 Å².